The summed E-state index contributed by atoms with van der Waals surface area (Å²) in [6, 6.07) is 10.2. The van der Waals surface area contributed by atoms with Crippen molar-refractivity contribution < 1.29 is 17.6 Å². The van der Waals surface area contributed by atoms with Gasteiger partial charge in [0.2, 0.25) is 10.0 Å². The largest absolute Gasteiger partial charge is 0.383 e. The van der Waals surface area contributed by atoms with Crippen LogP contribution in [0, 0.1) is 5.82 Å². The molecular formula is C22H23ClFN5O3S. The van der Waals surface area contributed by atoms with Crippen LogP contribution in [0.4, 0.5) is 10.2 Å². The van der Waals surface area contributed by atoms with Gasteiger partial charge >= 0.3 is 0 Å². The maximum Gasteiger partial charge on any atom is 0.254 e. The number of nitrogens with zero attached hydrogens (tertiary/aromatic N) is 2. The Morgan fingerprint density at radius 1 is 1.18 bits per heavy atom. The first-order valence-corrected chi connectivity index (χ1v) is 12.3. The van der Waals surface area contributed by atoms with Crippen LogP contribution in [0.2, 0.25) is 5.02 Å². The monoisotopic (exact) mass is 491 g/mol. The summed E-state index contributed by atoms with van der Waals surface area (Å²) in [7, 11) is -4.11. The summed E-state index contributed by atoms with van der Waals surface area (Å²) in [5, 5.41) is 4.69. The summed E-state index contributed by atoms with van der Waals surface area (Å²) in [4.78, 5) is 11.6. The van der Waals surface area contributed by atoms with Crippen molar-refractivity contribution in [1.29, 1.82) is 0 Å². The summed E-state index contributed by atoms with van der Waals surface area (Å²) in [5.74, 6) is -1.30. The van der Waals surface area contributed by atoms with Gasteiger partial charge in [-0.3, -0.25) is 4.79 Å². The summed E-state index contributed by atoms with van der Waals surface area (Å²) in [6.07, 6.45) is 4.04. The second-order valence-electron chi connectivity index (χ2n) is 7.95. The van der Waals surface area contributed by atoms with Gasteiger partial charge in [-0.15, -0.1) is 0 Å². The molecule has 3 aromatic rings. The van der Waals surface area contributed by atoms with E-state index in [0.717, 1.165) is 37.8 Å². The van der Waals surface area contributed by atoms with Gasteiger partial charge in [0.25, 0.3) is 5.91 Å². The molecule has 1 saturated carbocycles. The Labute approximate surface area is 195 Å². The number of benzene rings is 2. The van der Waals surface area contributed by atoms with Crippen LogP contribution in [-0.2, 0) is 16.6 Å². The number of aromatic nitrogens is 2. The fraction of sp³-hybridized carbons (Fsp3) is 0.273. The predicted molar refractivity (Wildman–Crippen MR) is 124 cm³/mol. The second-order valence-corrected chi connectivity index (χ2v) is 10.1. The average molecular weight is 492 g/mol. The fourth-order valence-electron chi connectivity index (χ4n) is 4.04. The molecule has 0 aliphatic heterocycles. The SMILES string of the molecule is NC(=O)c1c(-c2ccc(CNS(=O)(=O)c3cc(Cl)ccc3F)cc2)nn(C2CCCC2)c1N. The number of anilines is 1. The Bertz CT molecular complexity index is 1300. The summed E-state index contributed by atoms with van der Waals surface area (Å²) in [5.41, 5.74) is 13.6. The summed E-state index contributed by atoms with van der Waals surface area (Å²) >= 11 is 5.80. The Kier molecular flexibility index (Phi) is 6.42. The van der Waals surface area contributed by atoms with Crippen molar-refractivity contribution in [2.24, 2.45) is 5.73 Å². The van der Waals surface area contributed by atoms with E-state index in [1.165, 1.54) is 6.07 Å². The van der Waals surface area contributed by atoms with Gasteiger partial charge < -0.3 is 11.5 Å². The lowest BCUT2D eigenvalue weighted by Gasteiger charge is -2.11. The van der Waals surface area contributed by atoms with Gasteiger partial charge in [-0.25, -0.2) is 22.2 Å². The molecule has 5 N–H and O–H groups in total. The van der Waals surface area contributed by atoms with Crippen molar-refractivity contribution in [2.45, 2.75) is 43.2 Å². The number of hydrogen-bond acceptors (Lipinski definition) is 5. The third-order valence-electron chi connectivity index (χ3n) is 5.74. The highest BCUT2D eigenvalue weighted by atomic mass is 35.5. The normalized spacial score (nSPS) is 14.6. The number of sulfonamides is 1. The minimum atomic E-state index is -4.11. The van der Waals surface area contributed by atoms with Crippen LogP contribution in [0.1, 0.15) is 47.6 Å². The number of amides is 1. The minimum Gasteiger partial charge on any atom is -0.383 e. The Morgan fingerprint density at radius 3 is 2.48 bits per heavy atom. The van der Waals surface area contributed by atoms with E-state index in [2.05, 4.69) is 9.82 Å². The van der Waals surface area contributed by atoms with Crippen molar-refractivity contribution >= 4 is 33.3 Å². The summed E-state index contributed by atoms with van der Waals surface area (Å²) < 4.78 is 42.9. The Balaban J connectivity index is 1.56. The van der Waals surface area contributed by atoms with Gasteiger partial charge in [-0.05, 0) is 36.6 Å². The van der Waals surface area contributed by atoms with Gasteiger partial charge in [0.05, 0.1) is 6.04 Å². The van der Waals surface area contributed by atoms with Gasteiger partial charge in [-0.2, -0.15) is 5.10 Å². The first kappa shape index (κ1) is 23.2. The van der Waals surface area contributed by atoms with Crippen molar-refractivity contribution in [3.63, 3.8) is 0 Å². The third kappa shape index (κ3) is 4.73. The van der Waals surface area contributed by atoms with E-state index in [-0.39, 0.29) is 29.0 Å². The minimum absolute atomic E-state index is 0.0735. The number of hydrogen-bond donors (Lipinski definition) is 3. The lowest BCUT2D eigenvalue weighted by molar-refractivity contribution is 0.100. The number of nitrogen functional groups attached to an aromatic ring is 1. The molecular weight excluding hydrogens is 469 g/mol. The number of nitrogens with one attached hydrogen (secondary N) is 1. The molecule has 0 atom stereocenters. The second kappa shape index (κ2) is 9.12. The topological polar surface area (TPSA) is 133 Å². The number of carbonyl (C=O) groups excluding carboxylic acids is 1. The lowest BCUT2D eigenvalue weighted by atomic mass is 10.1. The van der Waals surface area contributed by atoms with Crippen LogP contribution in [0.15, 0.2) is 47.4 Å². The molecule has 1 aliphatic rings. The Morgan fingerprint density at radius 2 is 1.85 bits per heavy atom. The molecule has 0 saturated heterocycles. The lowest BCUT2D eigenvalue weighted by Crippen LogP contribution is -2.24. The highest BCUT2D eigenvalue weighted by Crippen LogP contribution is 2.35. The molecule has 8 nitrogen and oxygen atoms in total. The highest BCUT2D eigenvalue weighted by molar-refractivity contribution is 7.89. The van der Waals surface area contributed by atoms with E-state index >= 15 is 0 Å². The maximum absolute atomic E-state index is 13.9. The first-order valence-electron chi connectivity index (χ1n) is 10.4. The molecule has 0 bridgehead atoms. The van der Waals surface area contributed by atoms with E-state index < -0.39 is 26.6 Å². The van der Waals surface area contributed by atoms with E-state index in [4.69, 9.17) is 23.1 Å². The van der Waals surface area contributed by atoms with E-state index in [1.54, 1.807) is 28.9 Å². The molecule has 174 valence electrons. The van der Waals surface area contributed by atoms with Crippen LogP contribution in [0.25, 0.3) is 11.3 Å². The van der Waals surface area contributed by atoms with Crippen LogP contribution in [0.5, 0.6) is 0 Å². The molecule has 33 heavy (non-hydrogen) atoms. The van der Waals surface area contributed by atoms with Crippen LogP contribution in [-0.4, -0.2) is 24.1 Å². The van der Waals surface area contributed by atoms with Gasteiger partial charge in [0.1, 0.15) is 27.8 Å². The van der Waals surface area contributed by atoms with Crippen LogP contribution < -0.4 is 16.2 Å². The zero-order valence-electron chi connectivity index (χ0n) is 17.6. The van der Waals surface area contributed by atoms with Crippen LogP contribution in [0.3, 0.4) is 0 Å². The first-order chi connectivity index (χ1) is 15.7. The quantitative estimate of drug-likeness (QED) is 0.464. The highest BCUT2D eigenvalue weighted by Gasteiger charge is 2.27. The summed E-state index contributed by atoms with van der Waals surface area (Å²) in [6.45, 7) is -0.0735. The van der Waals surface area contributed by atoms with Crippen molar-refractivity contribution in [1.82, 2.24) is 14.5 Å². The molecule has 0 unspecified atom stereocenters. The average Bonchev–Trinajstić information content (AvgIpc) is 3.42. The zero-order valence-corrected chi connectivity index (χ0v) is 19.2. The zero-order chi connectivity index (χ0) is 23.8. The number of carbonyl (C=O) groups is 1. The number of nitrogens with two attached hydrogens (primary N) is 2. The molecule has 2 aromatic carbocycles. The molecule has 4 rings (SSSR count). The van der Waals surface area contributed by atoms with Crippen LogP contribution >= 0.6 is 11.6 Å². The smallest absolute Gasteiger partial charge is 0.254 e. The number of halogens is 2. The van der Waals surface area contributed by atoms with Crippen molar-refractivity contribution in [2.75, 3.05) is 5.73 Å². The fourth-order valence-corrected chi connectivity index (χ4v) is 5.40. The van der Waals surface area contributed by atoms with E-state index in [9.17, 15) is 17.6 Å². The molecule has 1 fully saturated rings. The van der Waals surface area contributed by atoms with Gasteiger partial charge in [0.15, 0.2) is 0 Å². The van der Waals surface area contributed by atoms with Crippen molar-refractivity contribution in [3.05, 3.63) is 64.4 Å². The third-order valence-corrected chi connectivity index (χ3v) is 7.39. The van der Waals surface area contributed by atoms with Crippen molar-refractivity contribution in [3.8, 4) is 11.3 Å². The predicted octanol–water partition coefficient (Wildman–Crippen LogP) is 3.62. The number of primary amides is 1. The molecule has 11 heteroatoms. The standard InChI is InChI=1S/C22H23ClFN5O3S/c23-15-9-10-17(24)18(11-15)33(31,32)27-12-13-5-7-14(8-6-13)20-19(22(26)30)21(25)29(28-20)16-3-1-2-4-16/h5-11,16,27H,1-4,12,25H2,(H2,26,30). The molecule has 0 spiro atoms. The molecule has 1 aromatic heterocycles. The van der Waals surface area contributed by atoms with E-state index in [0.29, 0.717) is 16.8 Å². The molecule has 0 radical (unpaired) electrons. The Hall–Kier alpha value is -2.95. The number of rotatable bonds is 7. The van der Waals surface area contributed by atoms with Gasteiger partial charge in [-0.1, -0.05) is 48.7 Å². The molecule has 1 aliphatic carbocycles. The van der Waals surface area contributed by atoms with Gasteiger partial charge in [0, 0.05) is 17.1 Å². The molecule has 1 amide bonds. The maximum atomic E-state index is 13.9. The van der Waals surface area contributed by atoms with E-state index in [1.807, 2.05) is 0 Å². The molecule has 1 heterocycles.